The van der Waals surface area contributed by atoms with Gasteiger partial charge in [-0.05, 0) is 50.5 Å². The first-order valence-corrected chi connectivity index (χ1v) is 9.13. The average molecular weight is 377 g/mol. The predicted molar refractivity (Wildman–Crippen MR) is 111 cm³/mol. The SMILES string of the molecule is Cc1n[nH]c(C)c1CCCNc1n[nH]c2cc(-c3ccnc(N)n3)cc(N)c12. The number of anilines is 3. The molecule has 4 aromatic rings. The topological polar surface area (TPSA) is 147 Å². The van der Waals surface area contributed by atoms with Crippen molar-refractivity contribution < 1.29 is 0 Å². The lowest BCUT2D eigenvalue weighted by atomic mass is 10.1. The summed E-state index contributed by atoms with van der Waals surface area (Å²) in [4.78, 5) is 8.18. The van der Waals surface area contributed by atoms with Crippen LogP contribution in [0.25, 0.3) is 22.2 Å². The molecule has 0 bridgehead atoms. The van der Waals surface area contributed by atoms with Crippen LogP contribution in [0.2, 0.25) is 0 Å². The summed E-state index contributed by atoms with van der Waals surface area (Å²) >= 11 is 0. The molecule has 0 saturated carbocycles. The van der Waals surface area contributed by atoms with Gasteiger partial charge in [0.1, 0.15) is 0 Å². The Bertz CT molecular complexity index is 1110. The van der Waals surface area contributed by atoms with Gasteiger partial charge in [-0.15, -0.1) is 0 Å². The van der Waals surface area contributed by atoms with Gasteiger partial charge in [-0.3, -0.25) is 10.2 Å². The molecule has 0 aliphatic carbocycles. The van der Waals surface area contributed by atoms with Crippen molar-refractivity contribution >= 4 is 28.4 Å². The van der Waals surface area contributed by atoms with E-state index in [1.54, 1.807) is 12.3 Å². The molecular formula is C19H23N9. The molecule has 1 aromatic carbocycles. The third kappa shape index (κ3) is 3.34. The van der Waals surface area contributed by atoms with E-state index in [2.05, 4.69) is 35.7 Å². The van der Waals surface area contributed by atoms with Crippen LogP contribution in [-0.2, 0) is 6.42 Å². The number of rotatable bonds is 6. The number of nitrogens with one attached hydrogen (secondary N) is 3. The van der Waals surface area contributed by atoms with Crippen LogP contribution in [0.15, 0.2) is 24.4 Å². The molecule has 7 N–H and O–H groups in total. The number of benzene rings is 1. The van der Waals surface area contributed by atoms with Crippen LogP contribution in [-0.4, -0.2) is 36.9 Å². The molecule has 9 nitrogen and oxygen atoms in total. The molecule has 0 amide bonds. The number of aromatic amines is 2. The summed E-state index contributed by atoms with van der Waals surface area (Å²) in [7, 11) is 0. The van der Waals surface area contributed by atoms with E-state index in [4.69, 9.17) is 11.5 Å². The van der Waals surface area contributed by atoms with Crippen LogP contribution < -0.4 is 16.8 Å². The van der Waals surface area contributed by atoms with Crippen LogP contribution in [0.4, 0.5) is 17.5 Å². The van der Waals surface area contributed by atoms with Gasteiger partial charge in [0.05, 0.1) is 22.3 Å². The van der Waals surface area contributed by atoms with E-state index < -0.39 is 0 Å². The van der Waals surface area contributed by atoms with Gasteiger partial charge in [0, 0.05) is 29.7 Å². The fourth-order valence-corrected chi connectivity index (χ4v) is 3.41. The fraction of sp³-hybridized carbons (Fsp3) is 0.263. The Hall–Kier alpha value is -3.62. The van der Waals surface area contributed by atoms with Gasteiger partial charge in [0.25, 0.3) is 0 Å². The number of fused-ring (bicyclic) bond motifs is 1. The number of H-pyrrole nitrogens is 2. The highest BCUT2D eigenvalue weighted by molar-refractivity contribution is 6.01. The fourth-order valence-electron chi connectivity index (χ4n) is 3.41. The van der Waals surface area contributed by atoms with E-state index >= 15 is 0 Å². The minimum atomic E-state index is 0.228. The maximum absolute atomic E-state index is 6.31. The molecule has 4 rings (SSSR count). The van der Waals surface area contributed by atoms with Crippen molar-refractivity contribution in [2.75, 3.05) is 23.3 Å². The Balaban J connectivity index is 1.50. The lowest BCUT2D eigenvalue weighted by Crippen LogP contribution is -2.05. The Morgan fingerprint density at radius 1 is 1.11 bits per heavy atom. The van der Waals surface area contributed by atoms with Crippen molar-refractivity contribution in [2.24, 2.45) is 0 Å². The zero-order valence-electron chi connectivity index (χ0n) is 15.9. The number of aromatic nitrogens is 6. The number of hydrogen-bond donors (Lipinski definition) is 5. The Morgan fingerprint density at radius 3 is 2.71 bits per heavy atom. The summed E-state index contributed by atoms with van der Waals surface area (Å²) < 4.78 is 0. The van der Waals surface area contributed by atoms with Crippen molar-refractivity contribution in [2.45, 2.75) is 26.7 Å². The quantitative estimate of drug-likeness (QED) is 0.256. The monoisotopic (exact) mass is 377 g/mol. The van der Waals surface area contributed by atoms with Crippen molar-refractivity contribution in [3.05, 3.63) is 41.3 Å². The third-order valence-electron chi connectivity index (χ3n) is 4.84. The van der Waals surface area contributed by atoms with E-state index in [1.807, 2.05) is 26.0 Å². The summed E-state index contributed by atoms with van der Waals surface area (Å²) in [6.45, 7) is 4.86. The first kappa shape index (κ1) is 17.8. The van der Waals surface area contributed by atoms with Crippen LogP contribution in [0.3, 0.4) is 0 Å². The van der Waals surface area contributed by atoms with E-state index in [9.17, 15) is 0 Å². The number of nitrogens with zero attached hydrogens (tertiary/aromatic N) is 4. The van der Waals surface area contributed by atoms with Gasteiger partial charge in [-0.2, -0.15) is 10.2 Å². The van der Waals surface area contributed by atoms with Crippen molar-refractivity contribution in [3.63, 3.8) is 0 Å². The standard InChI is InChI=1S/C19H23N9/c1-10-13(11(2)26-25-10)4-3-6-22-18-17-14(20)8-12(9-16(17)27-28-18)15-5-7-23-19(21)24-15/h5,7-9H,3-4,6,20H2,1-2H3,(H,25,26)(H2,21,23,24)(H2,22,27,28). The Labute approximate surface area is 162 Å². The molecule has 28 heavy (non-hydrogen) atoms. The highest BCUT2D eigenvalue weighted by Gasteiger charge is 2.12. The molecule has 0 aliphatic rings. The molecule has 0 atom stereocenters. The molecule has 3 aromatic heterocycles. The minimum Gasteiger partial charge on any atom is -0.398 e. The normalized spacial score (nSPS) is 11.2. The van der Waals surface area contributed by atoms with Gasteiger partial charge in [-0.25, -0.2) is 9.97 Å². The average Bonchev–Trinajstić information content (AvgIpc) is 3.23. The van der Waals surface area contributed by atoms with Gasteiger partial charge < -0.3 is 16.8 Å². The maximum atomic E-state index is 6.31. The van der Waals surface area contributed by atoms with E-state index in [0.717, 1.165) is 58.8 Å². The van der Waals surface area contributed by atoms with Crippen molar-refractivity contribution in [1.82, 2.24) is 30.4 Å². The lowest BCUT2D eigenvalue weighted by molar-refractivity contribution is 0.848. The summed E-state index contributed by atoms with van der Waals surface area (Å²) in [5, 5.41) is 19.0. The van der Waals surface area contributed by atoms with E-state index in [0.29, 0.717) is 5.69 Å². The van der Waals surface area contributed by atoms with Gasteiger partial charge in [0.15, 0.2) is 5.82 Å². The van der Waals surface area contributed by atoms with E-state index in [1.165, 1.54) is 5.56 Å². The Kier molecular flexibility index (Phi) is 4.56. The molecule has 0 radical (unpaired) electrons. The molecule has 3 heterocycles. The summed E-state index contributed by atoms with van der Waals surface area (Å²) in [5.74, 6) is 0.980. The first-order chi connectivity index (χ1) is 13.5. The second-order valence-corrected chi connectivity index (χ2v) is 6.80. The Morgan fingerprint density at radius 2 is 1.96 bits per heavy atom. The van der Waals surface area contributed by atoms with Gasteiger partial charge in [-0.1, -0.05) is 0 Å². The van der Waals surface area contributed by atoms with Gasteiger partial charge >= 0.3 is 0 Å². The number of nitrogen functional groups attached to an aromatic ring is 2. The second-order valence-electron chi connectivity index (χ2n) is 6.80. The smallest absolute Gasteiger partial charge is 0.220 e. The van der Waals surface area contributed by atoms with Crippen molar-refractivity contribution in [1.29, 1.82) is 0 Å². The van der Waals surface area contributed by atoms with E-state index in [-0.39, 0.29) is 5.95 Å². The first-order valence-electron chi connectivity index (χ1n) is 9.13. The third-order valence-corrected chi connectivity index (χ3v) is 4.84. The molecular weight excluding hydrogens is 354 g/mol. The summed E-state index contributed by atoms with van der Waals surface area (Å²) in [5.41, 5.74) is 18.5. The lowest BCUT2D eigenvalue weighted by Gasteiger charge is -2.07. The van der Waals surface area contributed by atoms with Crippen LogP contribution >= 0.6 is 0 Å². The minimum absolute atomic E-state index is 0.228. The molecule has 0 fully saturated rings. The highest BCUT2D eigenvalue weighted by Crippen LogP contribution is 2.31. The largest absolute Gasteiger partial charge is 0.398 e. The van der Waals surface area contributed by atoms with Crippen molar-refractivity contribution in [3.8, 4) is 11.3 Å². The van der Waals surface area contributed by atoms with Crippen LogP contribution in [0, 0.1) is 13.8 Å². The van der Waals surface area contributed by atoms with Crippen LogP contribution in [0.1, 0.15) is 23.4 Å². The molecule has 0 aliphatic heterocycles. The molecule has 9 heteroatoms. The van der Waals surface area contributed by atoms with Crippen LogP contribution in [0.5, 0.6) is 0 Å². The summed E-state index contributed by atoms with van der Waals surface area (Å²) in [6.07, 6.45) is 3.55. The van der Waals surface area contributed by atoms with Gasteiger partial charge in [0.2, 0.25) is 5.95 Å². The molecule has 0 unspecified atom stereocenters. The maximum Gasteiger partial charge on any atom is 0.220 e. The highest BCUT2D eigenvalue weighted by atomic mass is 15.2. The zero-order chi connectivity index (χ0) is 19.7. The number of nitrogens with two attached hydrogens (primary N) is 2. The zero-order valence-corrected chi connectivity index (χ0v) is 15.9. The predicted octanol–water partition coefficient (Wildman–Crippen LogP) is 2.57. The second kappa shape index (κ2) is 7.18. The molecule has 0 spiro atoms. The molecule has 0 saturated heterocycles. The molecule has 144 valence electrons. The number of aryl methyl sites for hydroxylation is 2. The summed E-state index contributed by atoms with van der Waals surface area (Å²) in [6, 6.07) is 5.64. The number of hydrogen-bond acceptors (Lipinski definition) is 7.